The van der Waals surface area contributed by atoms with Gasteiger partial charge in [-0.1, -0.05) is 37.6 Å². The lowest BCUT2D eigenvalue weighted by atomic mass is 9.94. The highest BCUT2D eigenvalue weighted by molar-refractivity contribution is 5.78. The molecule has 0 saturated heterocycles. The number of aliphatic carboxylic acids is 1. The van der Waals surface area contributed by atoms with Crippen LogP contribution in [0.25, 0.3) is 11.4 Å². The average molecular weight is 304 g/mol. The summed E-state index contributed by atoms with van der Waals surface area (Å²) in [5, 5.41) is 13.4. The van der Waals surface area contributed by atoms with Gasteiger partial charge in [-0.15, -0.1) is 0 Å². The second kappa shape index (κ2) is 6.60. The Kier molecular flexibility index (Phi) is 4.80. The highest BCUT2D eigenvalue weighted by Crippen LogP contribution is 2.29. The molecule has 6 nitrogen and oxygen atoms in total. The van der Waals surface area contributed by atoms with E-state index in [4.69, 9.17) is 9.26 Å². The Labute approximate surface area is 129 Å². The summed E-state index contributed by atoms with van der Waals surface area (Å²) in [4.78, 5) is 15.8. The van der Waals surface area contributed by atoms with Crippen LogP contribution in [0.15, 0.2) is 28.8 Å². The summed E-state index contributed by atoms with van der Waals surface area (Å²) in [6, 6.07) is 7.07. The molecule has 0 spiro atoms. The number of carboxylic acid groups (broad SMARTS) is 1. The summed E-state index contributed by atoms with van der Waals surface area (Å²) in [5.41, 5.74) is -0.484. The van der Waals surface area contributed by atoms with E-state index in [-0.39, 0.29) is 0 Å². The van der Waals surface area contributed by atoms with Gasteiger partial charge in [-0.05, 0) is 25.0 Å². The minimum absolute atomic E-state index is 0.391. The Bertz CT molecular complexity index is 653. The third-order valence-corrected chi connectivity index (χ3v) is 3.55. The van der Waals surface area contributed by atoms with Crippen LogP contribution in [0.3, 0.4) is 0 Å². The molecule has 0 aliphatic rings. The highest BCUT2D eigenvalue weighted by Gasteiger charge is 2.38. The van der Waals surface area contributed by atoms with Gasteiger partial charge >= 0.3 is 5.97 Å². The number of aromatic nitrogens is 2. The van der Waals surface area contributed by atoms with Crippen LogP contribution in [0.1, 0.15) is 39.0 Å². The molecule has 0 radical (unpaired) electrons. The number of ether oxygens (including phenoxy) is 1. The van der Waals surface area contributed by atoms with Crippen molar-refractivity contribution in [2.45, 2.75) is 45.6 Å². The largest absolute Gasteiger partial charge is 0.478 e. The molecule has 0 bridgehead atoms. The molecular weight excluding hydrogens is 284 g/mol. The van der Waals surface area contributed by atoms with E-state index in [0.29, 0.717) is 30.3 Å². The minimum atomic E-state index is -1.21. The molecule has 0 aliphatic carbocycles. The van der Waals surface area contributed by atoms with E-state index in [2.05, 4.69) is 10.1 Å². The maximum Gasteiger partial charge on any atom is 0.348 e. The normalized spacial score (nSPS) is 13.6. The zero-order valence-corrected chi connectivity index (χ0v) is 13.0. The summed E-state index contributed by atoms with van der Waals surface area (Å²) in [7, 11) is 0. The average Bonchev–Trinajstić information content (AvgIpc) is 2.93. The van der Waals surface area contributed by atoms with Crippen LogP contribution < -0.4 is 4.74 Å². The highest BCUT2D eigenvalue weighted by atomic mass is 16.5. The zero-order valence-electron chi connectivity index (χ0n) is 13.0. The van der Waals surface area contributed by atoms with Crippen molar-refractivity contribution < 1.29 is 19.2 Å². The SMILES string of the molecule is CCCC(CC)(Oc1cccc(-c2noc(C)n2)c1)C(=O)O. The third-order valence-electron chi connectivity index (χ3n) is 3.55. The number of carbonyl (C=O) groups is 1. The van der Waals surface area contributed by atoms with Crippen molar-refractivity contribution in [2.75, 3.05) is 0 Å². The van der Waals surface area contributed by atoms with E-state index >= 15 is 0 Å². The van der Waals surface area contributed by atoms with Crippen LogP contribution in [0.5, 0.6) is 5.75 Å². The van der Waals surface area contributed by atoms with Gasteiger partial charge in [0.15, 0.2) is 0 Å². The van der Waals surface area contributed by atoms with Crippen molar-refractivity contribution in [3.63, 3.8) is 0 Å². The molecule has 118 valence electrons. The van der Waals surface area contributed by atoms with E-state index in [1.54, 1.807) is 25.1 Å². The summed E-state index contributed by atoms with van der Waals surface area (Å²) < 4.78 is 10.8. The van der Waals surface area contributed by atoms with Gasteiger partial charge in [0.1, 0.15) is 5.75 Å². The molecule has 2 rings (SSSR count). The van der Waals surface area contributed by atoms with Crippen molar-refractivity contribution in [3.05, 3.63) is 30.2 Å². The molecule has 1 atom stereocenters. The standard InChI is InChI=1S/C16H20N2O4/c1-4-9-16(5-2,15(19)20)21-13-8-6-7-12(10-13)14-17-11(3)22-18-14/h6-8,10H,4-5,9H2,1-3H3,(H,19,20). The van der Waals surface area contributed by atoms with Crippen molar-refractivity contribution in [3.8, 4) is 17.1 Å². The fourth-order valence-corrected chi connectivity index (χ4v) is 2.35. The number of benzene rings is 1. The first-order valence-corrected chi connectivity index (χ1v) is 7.34. The van der Waals surface area contributed by atoms with Crippen LogP contribution >= 0.6 is 0 Å². The van der Waals surface area contributed by atoms with Crippen LogP contribution in [0.2, 0.25) is 0 Å². The van der Waals surface area contributed by atoms with Gasteiger partial charge in [0.05, 0.1) is 0 Å². The fourth-order valence-electron chi connectivity index (χ4n) is 2.35. The number of nitrogens with zero attached hydrogens (tertiary/aromatic N) is 2. The van der Waals surface area contributed by atoms with Gasteiger partial charge in [-0.2, -0.15) is 4.98 Å². The second-order valence-corrected chi connectivity index (χ2v) is 5.17. The summed E-state index contributed by atoms with van der Waals surface area (Å²) in [6.07, 6.45) is 1.57. The van der Waals surface area contributed by atoms with Crippen molar-refractivity contribution in [1.29, 1.82) is 0 Å². The molecule has 6 heteroatoms. The third kappa shape index (κ3) is 3.27. The molecule has 1 aromatic carbocycles. The summed E-state index contributed by atoms with van der Waals surface area (Å²) >= 11 is 0. The molecule has 1 N–H and O–H groups in total. The minimum Gasteiger partial charge on any atom is -0.478 e. The molecule has 0 aliphatic heterocycles. The fraction of sp³-hybridized carbons (Fsp3) is 0.438. The van der Waals surface area contributed by atoms with Gasteiger partial charge < -0.3 is 14.4 Å². The predicted octanol–water partition coefficient (Wildman–Crippen LogP) is 3.46. The number of hydrogen-bond donors (Lipinski definition) is 1. The smallest absolute Gasteiger partial charge is 0.348 e. The Balaban J connectivity index is 2.30. The molecule has 1 aromatic heterocycles. The topological polar surface area (TPSA) is 85.5 Å². The van der Waals surface area contributed by atoms with Crippen LogP contribution in [0, 0.1) is 6.92 Å². The summed E-state index contributed by atoms with van der Waals surface area (Å²) in [5.74, 6) is 0.465. The van der Waals surface area contributed by atoms with Gasteiger partial charge in [-0.3, -0.25) is 0 Å². The number of rotatable bonds is 7. The molecule has 0 fully saturated rings. The van der Waals surface area contributed by atoms with E-state index in [1.807, 2.05) is 19.9 Å². The van der Waals surface area contributed by atoms with Gasteiger partial charge in [0, 0.05) is 12.5 Å². The maximum absolute atomic E-state index is 11.6. The first-order chi connectivity index (χ1) is 10.5. The number of hydrogen-bond acceptors (Lipinski definition) is 5. The zero-order chi connectivity index (χ0) is 16.2. The predicted molar refractivity (Wildman–Crippen MR) is 80.7 cm³/mol. The van der Waals surface area contributed by atoms with Crippen LogP contribution in [0.4, 0.5) is 0 Å². The van der Waals surface area contributed by atoms with E-state index in [9.17, 15) is 9.90 Å². The Morgan fingerprint density at radius 2 is 2.18 bits per heavy atom. The van der Waals surface area contributed by atoms with E-state index in [0.717, 1.165) is 12.0 Å². The monoisotopic (exact) mass is 304 g/mol. The second-order valence-electron chi connectivity index (χ2n) is 5.17. The lowest BCUT2D eigenvalue weighted by Gasteiger charge is -2.29. The summed E-state index contributed by atoms with van der Waals surface area (Å²) in [6.45, 7) is 5.47. The van der Waals surface area contributed by atoms with Crippen LogP contribution in [-0.2, 0) is 4.79 Å². The number of carboxylic acids is 1. The first kappa shape index (κ1) is 16.0. The molecular formula is C16H20N2O4. The maximum atomic E-state index is 11.6. The molecule has 1 unspecified atom stereocenters. The van der Waals surface area contributed by atoms with Crippen molar-refractivity contribution in [1.82, 2.24) is 10.1 Å². The Morgan fingerprint density at radius 3 is 2.73 bits per heavy atom. The van der Waals surface area contributed by atoms with Gasteiger partial charge in [-0.25, -0.2) is 4.79 Å². The lowest BCUT2D eigenvalue weighted by molar-refractivity contribution is -0.156. The van der Waals surface area contributed by atoms with E-state index < -0.39 is 11.6 Å². The Morgan fingerprint density at radius 1 is 1.41 bits per heavy atom. The van der Waals surface area contributed by atoms with Gasteiger partial charge in [0.2, 0.25) is 17.3 Å². The van der Waals surface area contributed by atoms with E-state index in [1.165, 1.54) is 0 Å². The molecule has 2 aromatic rings. The van der Waals surface area contributed by atoms with Gasteiger partial charge in [0.25, 0.3) is 0 Å². The molecule has 1 heterocycles. The Hall–Kier alpha value is -2.37. The first-order valence-electron chi connectivity index (χ1n) is 7.34. The molecule has 22 heavy (non-hydrogen) atoms. The van der Waals surface area contributed by atoms with Crippen molar-refractivity contribution in [2.24, 2.45) is 0 Å². The quantitative estimate of drug-likeness (QED) is 0.843. The molecule has 0 amide bonds. The molecule has 0 saturated carbocycles. The lowest BCUT2D eigenvalue weighted by Crippen LogP contribution is -2.44. The number of aryl methyl sites for hydroxylation is 1. The van der Waals surface area contributed by atoms with Crippen molar-refractivity contribution >= 4 is 5.97 Å². The van der Waals surface area contributed by atoms with Crippen LogP contribution in [-0.4, -0.2) is 26.8 Å².